The van der Waals surface area contributed by atoms with Crippen LogP contribution in [0.5, 0.6) is 0 Å². The highest BCUT2D eigenvalue weighted by Crippen LogP contribution is 2.08. The molecule has 20 heavy (non-hydrogen) atoms. The van der Waals surface area contributed by atoms with Crippen LogP contribution in [0.2, 0.25) is 0 Å². The van der Waals surface area contributed by atoms with Crippen molar-refractivity contribution in [3.63, 3.8) is 0 Å². The summed E-state index contributed by atoms with van der Waals surface area (Å²) in [5.74, 6) is 0.132. The van der Waals surface area contributed by atoms with Crippen LogP contribution in [0.3, 0.4) is 0 Å². The quantitative estimate of drug-likeness (QED) is 0.703. The predicted octanol–water partition coefficient (Wildman–Crippen LogP) is 1.54. The van der Waals surface area contributed by atoms with Crippen LogP contribution in [-0.4, -0.2) is 43.1 Å². The van der Waals surface area contributed by atoms with Gasteiger partial charge in [0.25, 0.3) is 0 Å². The number of aromatic nitrogens is 1. The van der Waals surface area contributed by atoms with E-state index in [2.05, 4.69) is 17.2 Å². The average Bonchev–Trinajstić information content (AvgIpc) is 2.41. The Morgan fingerprint density at radius 1 is 1.25 bits per heavy atom. The molecule has 0 aliphatic carbocycles. The van der Waals surface area contributed by atoms with Crippen LogP contribution in [-0.2, 0) is 16.6 Å². The van der Waals surface area contributed by atoms with Gasteiger partial charge in [0.1, 0.15) is 0 Å². The second kappa shape index (κ2) is 8.34. The Bertz CT molecular complexity index is 503. The maximum atomic E-state index is 12.3. The van der Waals surface area contributed by atoms with E-state index in [1.165, 1.54) is 4.31 Å². The summed E-state index contributed by atoms with van der Waals surface area (Å²) in [5.41, 5.74) is 1.69. The molecular weight excluding hydrogens is 274 g/mol. The number of aryl methyl sites for hydroxylation is 1. The third-order valence-corrected chi connectivity index (χ3v) is 4.89. The van der Waals surface area contributed by atoms with Crippen molar-refractivity contribution < 1.29 is 8.42 Å². The van der Waals surface area contributed by atoms with E-state index in [-0.39, 0.29) is 5.75 Å². The normalized spacial score (nSPS) is 12.0. The van der Waals surface area contributed by atoms with Gasteiger partial charge in [0.15, 0.2) is 0 Å². The van der Waals surface area contributed by atoms with E-state index < -0.39 is 10.0 Å². The topological polar surface area (TPSA) is 62.3 Å². The molecule has 0 spiro atoms. The first-order valence-corrected chi connectivity index (χ1v) is 8.71. The largest absolute Gasteiger partial charge is 0.316 e. The summed E-state index contributed by atoms with van der Waals surface area (Å²) in [6, 6.07) is 5.67. The Labute approximate surface area is 122 Å². The van der Waals surface area contributed by atoms with Gasteiger partial charge in [-0.25, -0.2) is 8.42 Å². The second-order valence-electron chi connectivity index (χ2n) is 4.76. The molecule has 5 nitrogen and oxygen atoms in total. The molecule has 0 bridgehead atoms. The minimum atomic E-state index is -3.23. The fourth-order valence-electron chi connectivity index (χ4n) is 1.91. The predicted molar refractivity (Wildman–Crippen MR) is 82.0 cm³/mol. The van der Waals surface area contributed by atoms with Crippen molar-refractivity contribution in [1.82, 2.24) is 14.6 Å². The molecule has 0 amide bonds. The number of nitrogens with zero attached hydrogens (tertiary/aromatic N) is 2. The highest BCUT2D eigenvalue weighted by atomic mass is 32.2. The van der Waals surface area contributed by atoms with Gasteiger partial charge in [-0.1, -0.05) is 19.9 Å². The van der Waals surface area contributed by atoms with Crippen molar-refractivity contribution in [2.45, 2.75) is 33.7 Å². The van der Waals surface area contributed by atoms with Gasteiger partial charge >= 0.3 is 0 Å². The Morgan fingerprint density at radius 2 is 2.00 bits per heavy atom. The van der Waals surface area contributed by atoms with Crippen molar-refractivity contribution in [2.24, 2.45) is 0 Å². The Hall–Kier alpha value is -0.980. The van der Waals surface area contributed by atoms with Gasteiger partial charge in [-0.3, -0.25) is 4.98 Å². The van der Waals surface area contributed by atoms with Crippen LogP contribution >= 0.6 is 0 Å². The molecule has 1 aromatic rings. The molecule has 1 rings (SSSR count). The standard InChI is InChI=1S/C14H25N3O2S/c1-4-9-15-10-11-20(18,19)17(5-2)12-14-8-6-7-13(3)16-14/h6-8,15H,4-5,9-12H2,1-3H3. The molecular formula is C14H25N3O2S. The van der Waals surface area contributed by atoms with E-state index in [0.717, 1.165) is 24.4 Å². The lowest BCUT2D eigenvalue weighted by atomic mass is 10.3. The van der Waals surface area contributed by atoms with Crippen molar-refractivity contribution in [1.29, 1.82) is 0 Å². The summed E-state index contributed by atoms with van der Waals surface area (Å²) in [5, 5.41) is 3.12. The smallest absolute Gasteiger partial charge is 0.215 e. The second-order valence-corrected chi connectivity index (χ2v) is 6.85. The number of hydrogen-bond donors (Lipinski definition) is 1. The lowest BCUT2D eigenvalue weighted by molar-refractivity contribution is 0.418. The number of hydrogen-bond acceptors (Lipinski definition) is 4. The van der Waals surface area contributed by atoms with E-state index in [1.807, 2.05) is 32.0 Å². The molecule has 0 aliphatic heterocycles. The molecule has 114 valence electrons. The SMILES string of the molecule is CCCNCCS(=O)(=O)N(CC)Cc1cccc(C)n1. The molecule has 0 fully saturated rings. The van der Waals surface area contributed by atoms with Gasteiger partial charge in [0.05, 0.1) is 18.0 Å². The molecule has 1 N–H and O–H groups in total. The van der Waals surface area contributed by atoms with E-state index in [1.54, 1.807) is 0 Å². The molecule has 1 heterocycles. The van der Waals surface area contributed by atoms with E-state index in [4.69, 9.17) is 0 Å². The number of rotatable bonds is 9. The summed E-state index contributed by atoms with van der Waals surface area (Å²) in [7, 11) is -3.23. The monoisotopic (exact) mass is 299 g/mol. The van der Waals surface area contributed by atoms with Gasteiger partial charge in [0.2, 0.25) is 10.0 Å². The van der Waals surface area contributed by atoms with E-state index in [0.29, 0.717) is 19.6 Å². The number of sulfonamides is 1. The highest BCUT2D eigenvalue weighted by molar-refractivity contribution is 7.89. The zero-order valence-electron chi connectivity index (χ0n) is 12.6. The van der Waals surface area contributed by atoms with Gasteiger partial charge in [-0.2, -0.15) is 4.31 Å². The Kier molecular flexibility index (Phi) is 7.12. The average molecular weight is 299 g/mol. The summed E-state index contributed by atoms with van der Waals surface area (Å²) < 4.78 is 26.0. The van der Waals surface area contributed by atoms with Crippen LogP contribution < -0.4 is 5.32 Å². The summed E-state index contributed by atoms with van der Waals surface area (Å²) in [6.07, 6.45) is 1.00. The first-order valence-electron chi connectivity index (χ1n) is 7.10. The van der Waals surface area contributed by atoms with Gasteiger partial charge < -0.3 is 5.32 Å². The lowest BCUT2D eigenvalue weighted by Gasteiger charge is -2.20. The Balaban J connectivity index is 2.64. The minimum absolute atomic E-state index is 0.132. The zero-order chi connectivity index (χ0) is 15.0. The molecule has 0 atom stereocenters. The van der Waals surface area contributed by atoms with E-state index >= 15 is 0 Å². The highest BCUT2D eigenvalue weighted by Gasteiger charge is 2.20. The van der Waals surface area contributed by atoms with Crippen LogP contribution in [0.1, 0.15) is 31.7 Å². The van der Waals surface area contributed by atoms with Crippen molar-refractivity contribution in [3.8, 4) is 0 Å². The van der Waals surface area contributed by atoms with Crippen molar-refractivity contribution in [2.75, 3.05) is 25.4 Å². The molecule has 0 saturated heterocycles. The van der Waals surface area contributed by atoms with Gasteiger partial charge in [-0.15, -0.1) is 0 Å². The molecule has 1 aromatic heterocycles. The fraction of sp³-hybridized carbons (Fsp3) is 0.643. The Morgan fingerprint density at radius 3 is 2.60 bits per heavy atom. The maximum absolute atomic E-state index is 12.3. The van der Waals surface area contributed by atoms with Gasteiger partial charge in [0, 0.05) is 18.8 Å². The fourth-order valence-corrected chi connectivity index (χ4v) is 3.29. The van der Waals surface area contributed by atoms with Crippen LogP contribution in [0.25, 0.3) is 0 Å². The third-order valence-electron chi connectivity index (χ3n) is 2.99. The number of pyridine rings is 1. The molecule has 0 aliphatic rings. The van der Waals surface area contributed by atoms with Crippen LogP contribution in [0.4, 0.5) is 0 Å². The molecule has 0 aromatic carbocycles. The van der Waals surface area contributed by atoms with E-state index in [9.17, 15) is 8.42 Å². The minimum Gasteiger partial charge on any atom is -0.316 e. The van der Waals surface area contributed by atoms with Crippen LogP contribution in [0.15, 0.2) is 18.2 Å². The molecule has 0 saturated carbocycles. The maximum Gasteiger partial charge on any atom is 0.215 e. The van der Waals surface area contributed by atoms with Crippen molar-refractivity contribution in [3.05, 3.63) is 29.6 Å². The lowest BCUT2D eigenvalue weighted by Crippen LogP contribution is -2.36. The summed E-state index contributed by atoms with van der Waals surface area (Å²) >= 11 is 0. The van der Waals surface area contributed by atoms with Crippen LogP contribution in [0, 0.1) is 6.92 Å². The molecule has 0 unspecified atom stereocenters. The first-order chi connectivity index (χ1) is 9.49. The number of nitrogens with one attached hydrogen (secondary N) is 1. The molecule has 0 radical (unpaired) electrons. The van der Waals surface area contributed by atoms with Crippen molar-refractivity contribution >= 4 is 10.0 Å². The third kappa shape index (κ3) is 5.56. The summed E-state index contributed by atoms with van der Waals surface area (Å²) in [6.45, 7) is 7.97. The first kappa shape index (κ1) is 17.1. The zero-order valence-corrected chi connectivity index (χ0v) is 13.4. The van der Waals surface area contributed by atoms with Gasteiger partial charge in [-0.05, 0) is 32.0 Å². The molecule has 6 heteroatoms. The summed E-state index contributed by atoms with van der Waals surface area (Å²) in [4.78, 5) is 4.36.